The predicted octanol–water partition coefficient (Wildman–Crippen LogP) is 3.90. The van der Waals surface area contributed by atoms with Crippen LogP contribution >= 0.6 is 0 Å². The molecule has 122 valence electrons. The molecule has 2 rings (SSSR count). The summed E-state index contributed by atoms with van der Waals surface area (Å²) in [5, 5.41) is 0. The zero-order valence-corrected chi connectivity index (χ0v) is 13.0. The zero-order chi connectivity index (χ0) is 15.6. The van der Waals surface area contributed by atoms with Crippen LogP contribution in [0.3, 0.4) is 0 Å². The second-order valence-electron chi connectivity index (χ2n) is 7.08. The lowest BCUT2D eigenvalue weighted by Gasteiger charge is -2.38. The topological polar surface area (TPSA) is 20.3 Å². The number of carbonyl (C=O) groups is 1. The first-order valence-corrected chi connectivity index (χ1v) is 8.09. The SMILES string of the molecule is CC(C)C1CCC(=O)C(CN2CCCC(C(F)(F)F)C2)C1. The summed E-state index contributed by atoms with van der Waals surface area (Å²) < 4.78 is 38.5. The van der Waals surface area contributed by atoms with Gasteiger partial charge in [0.05, 0.1) is 5.92 Å². The molecule has 3 unspecified atom stereocenters. The second-order valence-corrected chi connectivity index (χ2v) is 7.08. The van der Waals surface area contributed by atoms with Crippen LogP contribution in [0.4, 0.5) is 13.2 Å². The van der Waals surface area contributed by atoms with Crippen molar-refractivity contribution < 1.29 is 18.0 Å². The lowest BCUT2D eigenvalue weighted by atomic mass is 9.75. The first-order chi connectivity index (χ1) is 9.77. The Kier molecular flexibility index (Phi) is 5.33. The van der Waals surface area contributed by atoms with Gasteiger partial charge in [-0.25, -0.2) is 0 Å². The van der Waals surface area contributed by atoms with Crippen LogP contribution in [0.25, 0.3) is 0 Å². The maximum Gasteiger partial charge on any atom is 0.393 e. The van der Waals surface area contributed by atoms with Crippen molar-refractivity contribution in [2.75, 3.05) is 19.6 Å². The minimum Gasteiger partial charge on any atom is -0.302 e. The number of carbonyl (C=O) groups excluding carboxylic acids is 1. The Hall–Kier alpha value is -0.580. The van der Waals surface area contributed by atoms with E-state index in [1.54, 1.807) is 0 Å². The fourth-order valence-electron chi connectivity index (χ4n) is 3.73. The largest absolute Gasteiger partial charge is 0.393 e. The van der Waals surface area contributed by atoms with Crippen molar-refractivity contribution in [1.82, 2.24) is 4.90 Å². The first kappa shape index (κ1) is 16.8. The Bertz CT molecular complexity index is 367. The van der Waals surface area contributed by atoms with Crippen LogP contribution in [0.1, 0.15) is 46.0 Å². The average Bonchev–Trinajstić information content (AvgIpc) is 2.40. The van der Waals surface area contributed by atoms with E-state index >= 15 is 0 Å². The molecule has 0 spiro atoms. The Morgan fingerprint density at radius 3 is 2.62 bits per heavy atom. The van der Waals surface area contributed by atoms with Gasteiger partial charge in [0.15, 0.2) is 0 Å². The molecule has 3 atom stereocenters. The van der Waals surface area contributed by atoms with Crippen LogP contribution < -0.4 is 0 Å². The normalized spacial score (nSPS) is 32.7. The molecule has 5 heteroatoms. The lowest BCUT2D eigenvalue weighted by Crippen LogP contribution is -2.45. The number of alkyl halides is 3. The quantitative estimate of drug-likeness (QED) is 0.788. The zero-order valence-electron chi connectivity index (χ0n) is 13.0. The van der Waals surface area contributed by atoms with Crippen molar-refractivity contribution in [1.29, 1.82) is 0 Å². The van der Waals surface area contributed by atoms with E-state index in [1.807, 2.05) is 4.90 Å². The van der Waals surface area contributed by atoms with E-state index in [-0.39, 0.29) is 24.7 Å². The van der Waals surface area contributed by atoms with Crippen LogP contribution in [-0.2, 0) is 4.79 Å². The van der Waals surface area contributed by atoms with Crippen molar-refractivity contribution in [3.05, 3.63) is 0 Å². The van der Waals surface area contributed by atoms with E-state index in [4.69, 9.17) is 0 Å². The molecule has 0 amide bonds. The second kappa shape index (κ2) is 6.67. The van der Waals surface area contributed by atoms with Gasteiger partial charge in [-0.15, -0.1) is 0 Å². The summed E-state index contributed by atoms with van der Waals surface area (Å²) in [6.07, 6.45) is -0.895. The number of likely N-dealkylation sites (tertiary alicyclic amines) is 1. The molecule has 1 saturated heterocycles. The summed E-state index contributed by atoms with van der Waals surface area (Å²) in [6.45, 7) is 5.62. The average molecular weight is 305 g/mol. The van der Waals surface area contributed by atoms with Crippen LogP contribution in [-0.4, -0.2) is 36.5 Å². The molecular weight excluding hydrogens is 279 g/mol. The highest BCUT2D eigenvalue weighted by Crippen LogP contribution is 2.35. The molecule has 2 aliphatic rings. The summed E-state index contributed by atoms with van der Waals surface area (Å²) in [5.41, 5.74) is 0. The van der Waals surface area contributed by atoms with Crippen molar-refractivity contribution in [3.8, 4) is 0 Å². The smallest absolute Gasteiger partial charge is 0.302 e. The molecular formula is C16H26F3NO. The molecule has 1 aliphatic heterocycles. The lowest BCUT2D eigenvalue weighted by molar-refractivity contribution is -0.187. The number of rotatable bonds is 3. The van der Waals surface area contributed by atoms with E-state index in [2.05, 4.69) is 13.8 Å². The van der Waals surface area contributed by atoms with Crippen LogP contribution in [0.15, 0.2) is 0 Å². The van der Waals surface area contributed by atoms with E-state index in [0.717, 1.165) is 12.8 Å². The standard InChI is InChI=1S/C16H26F3NO/c1-11(2)12-5-6-15(21)13(8-12)9-20-7-3-4-14(10-20)16(17,18)19/h11-14H,3-10H2,1-2H3. The summed E-state index contributed by atoms with van der Waals surface area (Å²) in [6, 6.07) is 0. The summed E-state index contributed by atoms with van der Waals surface area (Å²) in [5.74, 6) is 0.0609. The Morgan fingerprint density at radius 2 is 2.00 bits per heavy atom. The fraction of sp³-hybridized carbons (Fsp3) is 0.938. The number of halogens is 3. The molecule has 1 aliphatic carbocycles. The van der Waals surface area contributed by atoms with Gasteiger partial charge in [-0.1, -0.05) is 13.8 Å². The van der Waals surface area contributed by atoms with Crippen LogP contribution in [0, 0.1) is 23.7 Å². The van der Waals surface area contributed by atoms with Gasteiger partial charge in [-0.2, -0.15) is 13.2 Å². The van der Waals surface area contributed by atoms with Gasteiger partial charge in [0.25, 0.3) is 0 Å². The third-order valence-corrected chi connectivity index (χ3v) is 5.19. The fourth-order valence-corrected chi connectivity index (χ4v) is 3.73. The van der Waals surface area contributed by atoms with Crippen molar-refractivity contribution in [2.45, 2.75) is 52.1 Å². The minimum atomic E-state index is -4.10. The Balaban J connectivity index is 1.92. The number of hydrogen-bond donors (Lipinski definition) is 0. The molecule has 2 nitrogen and oxygen atoms in total. The van der Waals surface area contributed by atoms with Crippen molar-refractivity contribution in [2.24, 2.45) is 23.7 Å². The Labute approximate surface area is 125 Å². The highest BCUT2D eigenvalue weighted by Gasteiger charge is 2.42. The number of Topliss-reactive ketones (excluding diaryl/α,β-unsaturated/α-hetero) is 1. The maximum absolute atomic E-state index is 12.8. The molecule has 0 radical (unpaired) electrons. The van der Waals surface area contributed by atoms with Crippen LogP contribution in [0.2, 0.25) is 0 Å². The molecule has 0 bridgehead atoms. The molecule has 0 aromatic heterocycles. The van der Waals surface area contributed by atoms with Gasteiger partial charge in [0.1, 0.15) is 5.78 Å². The van der Waals surface area contributed by atoms with E-state index in [0.29, 0.717) is 37.8 Å². The van der Waals surface area contributed by atoms with E-state index in [1.165, 1.54) is 0 Å². The number of nitrogens with zero attached hydrogens (tertiary/aromatic N) is 1. The van der Waals surface area contributed by atoms with E-state index in [9.17, 15) is 18.0 Å². The molecule has 1 saturated carbocycles. The van der Waals surface area contributed by atoms with Crippen LogP contribution in [0.5, 0.6) is 0 Å². The maximum atomic E-state index is 12.8. The van der Waals surface area contributed by atoms with Gasteiger partial charge in [0.2, 0.25) is 0 Å². The van der Waals surface area contributed by atoms with Gasteiger partial charge in [0, 0.05) is 25.4 Å². The molecule has 0 aromatic rings. The van der Waals surface area contributed by atoms with Crippen molar-refractivity contribution in [3.63, 3.8) is 0 Å². The van der Waals surface area contributed by atoms with E-state index < -0.39 is 12.1 Å². The number of ketones is 1. The summed E-state index contributed by atoms with van der Waals surface area (Å²) in [4.78, 5) is 13.9. The van der Waals surface area contributed by atoms with Crippen molar-refractivity contribution >= 4 is 5.78 Å². The van der Waals surface area contributed by atoms with Gasteiger partial charge < -0.3 is 4.90 Å². The molecule has 1 heterocycles. The summed E-state index contributed by atoms with van der Waals surface area (Å²) in [7, 11) is 0. The predicted molar refractivity (Wildman–Crippen MR) is 75.9 cm³/mol. The first-order valence-electron chi connectivity index (χ1n) is 8.09. The molecule has 21 heavy (non-hydrogen) atoms. The van der Waals surface area contributed by atoms with Gasteiger partial charge >= 0.3 is 6.18 Å². The Morgan fingerprint density at radius 1 is 1.29 bits per heavy atom. The number of piperidine rings is 1. The highest BCUT2D eigenvalue weighted by atomic mass is 19.4. The monoisotopic (exact) mass is 305 g/mol. The summed E-state index contributed by atoms with van der Waals surface area (Å²) >= 11 is 0. The van der Waals surface area contributed by atoms with Gasteiger partial charge in [-0.3, -0.25) is 4.79 Å². The molecule has 2 fully saturated rings. The van der Waals surface area contributed by atoms with Gasteiger partial charge in [-0.05, 0) is 44.1 Å². The molecule has 0 aromatic carbocycles. The third kappa shape index (κ3) is 4.44. The molecule has 0 N–H and O–H groups in total. The number of hydrogen-bond acceptors (Lipinski definition) is 2. The minimum absolute atomic E-state index is 0.0573. The third-order valence-electron chi connectivity index (χ3n) is 5.19. The highest BCUT2D eigenvalue weighted by molar-refractivity contribution is 5.82.